The summed E-state index contributed by atoms with van der Waals surface area (Å²) in [6.45, 7) is 26.3. The normalized spacial score (nSPS) is 12.3. The lowest BCUT2D eigenvalue weighted by Gasteiger charge is -2.32. The van der Waals surface area contributed by atoms with Crippen molar-refractivity contribution in [3.8, 4) is 5.75 Å². The molecule has 19 heteroatoms. The third-order valence-corrected chi connectivity index (χ3v) is 10.5. The summed E-state index contributed by atoms with van der Waals surface area (Å²) >= 11 is 0. The van der Waals surface area contributed by atoms with E-state index in [-0.39, 0.29) is 48.3 Å². The zero-order valence-electron chi connectivity index (χ0n) is 43.2. The molecule has 0 aromatic heterocycles. The number of rotatable bonds is 15. The van der Waals surface area contributed by atoms with Crippen molar-refractivity contribution in [1.29, 1.82) is 0 Å². The van der Waals surface area contributed by atoms with Crippen LogP contribution in [-0.4, -0.2) is 96.1 Å². The van der Waals surface area contributed by atoms with Gasteiger partial charge in [0.15, 0.2) is 0 Å². The Morgan fingerprint density at radius 3 is 1.67 bits per heavy atom. The van der Waals surface area contributed by atoms with Gasteiger partial charge in [0.25, 0.3) is 0 Å². The Balaban J connectivity index is 1.82. The molecule has 70 heavy (non-hydrogen) atoms. The van der Waals surface area contributed by atoms with Crippen molar-refractivity contribution in [2.24, 2.45) is 4.99 Å². The SMILES string of the molecule is CC(C)(C)OC(=O)CC(C(=O)OC(C)(C)C)N(Cc1cccc(C(=O)OCC[Si](C)(C)C)c1)C(=O)OCc1ccc(OC(=O)c2ccc(N=C(NC(=O)OC(C)(C)C)NC(=O)OC(C)(C)C)cc2)cc1. The lowest BCUT2D eigenvalue weighted by molar-refractivity contribution is -0.168. The second kappa shape index (κ2) is 24.2. The minimum absolute atomic E-state index is 0.147. The van der Waals surface area contributed by atoms with Gasteiger partial charge in [-0.3, -0.25) is 20.3 Å². The summed E-state index contributed by atoms with van der Waals surface area (Å²) in [6, 6.07) is 17.6. The Bertz CT molecular complexity index is 2320. The maximum absolute atomic E-state index is 14.1. The third-order valence-electron chi connectivity index (χ3n) is 8.75. The smallest absolute Gasteiger partial charge is 0.414 e. The van der Waals surface area contributed by atoms with Crippen molar-refractivity contribution in [2.45, 2.75) is 157 Å². The molecule has 1 atom stereocenters. The Labute approximate surface area is 412 Å². The Morgan fingerprint density at radius 2 is 1.16 bits per heavy atom. The number of carbonyl (C=O) groups is 7. The van der Waals surface area contributed by atoms with Crippen LogP contribution in [0.2, 0.25) is 25.7 Å². The second-order valence-electron chi connectivity index (χ2n) is 21.5. The van der Waals surface area contributed by atoms with Crippen molar-refractivity contribution >= 4 is 61.9 Å². The molecular formula is C51H70N4O14Si. The Morgan fingerprint density at radius 1 is 0.614 bits per heavy atom. The van der Waals surface area contributed by atoms with Gasteiger partial charge in [-0.25, -0.2) is 33.8 Å². The molecule has 0 bridgehead atoms. The summed E-state index contributed by atoms with van der Waals surface area (Å²) in [5, 5.41) is 4.79. The number of amides is 3. The first-order valence-electron chi connectivity index (χ1n) is 22.8. The van der Waals surface area contributed by atoms with Gasteiger partial charge >= 0.3 is 42.2 Å². The third kappa shape index (κ3) is 22.6. The van der Waals surface area contributed by atoms with Gasteiger partial charge < -0.3 is 33.2 Å². The van der Waals surface area contributed by atoms with Crippen molar-refractivity contribution in [3.05, 3.63) is 95.1 Å². The fourth-order valence-corrected chi connectivity index (χ4v) is 6.51. The topological polar surface area (TPSA) is 224 Å². The molecule has 0 fully saturated rings. The monoisotopic (exact) mass is 990 g/mol. The highest BCUT2D eigenvalue weighted by Crippen LogP contribution is 2.23. The number of guanidine groups is 1. The predicted octanol–water partition coefficient (Wildman–Crippen LogP) is 10.0. The van der Waals surface area contributed by atoms with E-state index in [0.29, 0.717) is 11.1 Å². The Hall–Kier alpha value is -6.76. The van der Waals surface area contributed by atoms with Crippen LogP contribution in [0.15, 0.2) is 77.8 Å². The Kier molecular flexibility index (Phi) is 19.9. The molecule has 382 valence electrons. The van der Waals surface area contributed by atoms with Gasteiger partial charge in [-0.1, -0.05) is 43.9 Å². The fourth-order valence-electron chi connectivity index (χ4n) is 5.80. The van der Waals surface area contributed by atoms with Gasteiger partial charge in [0, 0.05) is 14.6 Å². The highest BCUT2D eigenvalue weighted by molar-refractivity contribution is 6.76. The van der Waals surface area contributed by atoms with Crippen LogP contribution >= 0.6 is 0 Å². The van der Waals surface area contributed by atoms with Crippen LogP contribution in [0.25, 0.3) is 0 Å². The van der Waals surface area contributed by atoms with Crippen LogP contribution in [0.5, 0.6) is 5.75 Å². The van der Waals surface area contributed by atoms with Gasteiger partial charge in [-0.15, -0.1) is 0 Å². The van der Waals surface area contributed by atoms with E-state index in [1.165, 1.54) is 36.4 Å². The molecule has 0 spiro atoms. The van der Waals surface area contributed by atoms with E-state index >= 15 is 0 Å². The standard InChI is InChI=1S/C51H70N4O14Si/c1-48(2,3)66-40(56)30-39(43(59)67-49(4,5)6)55(31-34-17-16-18-36(29-34)41(57)63-27-28-70(13,14)15)47(62)64-32-33-19-25-38(26-20-33)65-42(58)35-21-23-37(24-22-35)52-44(53-45(60)68-50(7,8)9)54-46(61)69-51(10,11)12/h16-26,29,39H,27-28,30-32H2,1-15H3,(H2,52,53,54,60,61). The molecule has 2 N–H and O–H groups in total. The van der Waals surface area contributed by atoms with Crippen LogP contribution in [-0.2, 0) is 51.2 Å². The van der Waals surface area contributed by atoms with Crippen molar-refractivity contribution in [2.75, 3.05) is 6.61 Å². The number of hydrogen-bond donors (Lipinski definition) is 2. The molecule has 1 unspecified atom stereocenters. The zero-order valence-corrected chi connectivity index (χ0v) is 44.2. The van der Waals surface area contributed by atoms with Gasteiger partial charge in [-0.2, -0.15) is 0 Å². The summed E-state index contributed by atoms with van der Waals surface area (Å²) < 4.78 is 38.7. The molecule has 0 saturated carbocycles. The first-order chi connectivity index (χ1) is 32.1. The molecule has 3 rings (SSSR count). The van der Waals surface area contributed by atoms with E-state index in [9.17, 15) is 33.6 Å². The molecule has 3 aromatic rings. The maximum atomic E-state index is 14.1. The fraction of sp³-hybridized carbons (Fsp3) is 0.490. The average molecular weight is 991 g/mol. The van der Waals surface area contributed by atoms with Crippen molar-refractivity contribution in [3.63, 3.8) is 0 Å². The van der Waals surface area contributed by atoms with E-state index in [1.807, 2.05) is 0 Å². The predicted molar refractivity (Wildman–Crippen MR) is 264 cm³/mol. The van der Waals surface area contributed by atoms with Gasteiger partial charge in [-0.05, 0) is 149 Å². The molecule has 0 aliphatic carbocycles. The van der Waals surface area contributed by atoms with Crippen LogP contribution in [0.4, 0.5) is 20.1 Å². The number of nitrogens with one attached hydrogen (secondary N) is 2. The first kappa shape index (κ1) is 57.6. The summed E-state index contributed by atoms with van der Waals surface area (Å²) in [4.78, 5) is 97.8. The number of ether oxygens (including phenoxy) is 7. The summed E-state index contributed by atoms with van der Waals surface area (Å²) in [5.74, 6) is -3.01. The van der Waals surface area contributed by atoms with E-state index < -0.39 is 85.1 Å². The minimum Gasteiger partial charge on any atom is -0.462 e. The minimum atomic E-state index is -1.50. The molecule has 3 amide bonds. The second-order valence-corrected chi connectivity index (χ2v) is 27.1. The van der Waals surface area contributed by atoms with Gasteiger partial charge in [0.1, 0.15) is 40.8 Å². The highest BCUT2D eigenvalue weighted by Gasteiger charge is 2.38. The summed E-state index contributed by atoms with van der Waals surface area (Å²) in [5.41, 5.74) is -2.00. The van der Waals surface area contributed by atoms with E-state index in [2.05, 4.69) is 35.3 Å². The average Bonchev–Trinajstić information content (AvgIpc) is 3.18. The number of nitrogens with zero attached hydrogens (tertiary/aromatic N) is 2. The number of alkyl carbamates (subject to hydrolysis) is 2. The van der Waals surface area contributed by atoms with Gasteiger partial charge in [0.05, 0.1) is 29.8 Å². The quantitative estimate of drug-likeness (QED) is 0.0361. The highest BCUT2D eigenvalue weighted by atomic mass is 28.3. The van der Waals surface area contributed by atoms with Crippen molar-refractivity contribution in [1.82, 2.24) is 15.5 Å². The lowest BCUT2D eigenvalue weighted by Crippen LogP contribution is -2.48. The summed E-state index contributed by atoms with van der Waals surface area (Å²) in [7, 11) is -1.48. The van der Waals surface area contributed by atoms with E-state index in [0.717, 1.165) is 10.9 Å². The largest absolute Gasteiger partial charge is 0.462 e. The molecular weight excluding hydrogens is 921 g/mol. The zero-order chi connectivity index (χ0) is 52.8. The van der Waals surface area contributed by atoms with Crippen LogP contribution in [0.1, 0.15) is 121 Å². The van der Waals surface area contributed by atoms with Crippen molar-refractivity contribution < 1.29 is 66.7 Å². The van der Waals surface area contributed by atoms with Crippen LogP contribution in [0.3, 0.4) is 0 Å². The van der Waals surface area contributed by atoms with E-state index in [1.54, 1.807) is 119 Å². The van der Waals surface area contributed by atoms with Crippen LogP contribution in [0, 0.1) is 0 Å². The number of benzene rings is 3. The number of esters is 4. The molecule has 18 nitrogen and oxygen atoms in total. The molecule has 0 saturated heterocycles. The van der Waals surface area contributed by atoms with Gasteiger partial charge in [0.2, 0.25) is 5.96 Å². The summed E-state index contributed by atoms with van der Waals surface area (Å²) in [6.07, 6.45) is -3.28. The number of carbonyl (C=O) groups excluding carboxylic acids is 7. The lowest BCUT2D eigenvalue weighted by atomic mass is 10.1. The maximum Gasteiger partial charge on any atom is 0.414 e. The molecule has 0 heterocycles. The molecule has 0 radical (unpaired) electrons. The van der Waals surface area contributed by atoms with E-state index in [4.69, 9.17) is 33.2 Å². The number of hydrogen-bond acceptors (Lipinski definition) is 15. The first-order valence-corrected chi connectivity index (χ1v) is 26.5. The molecule has 0 aliphatic heterocycles. The molecule has 0 aliphatic rings. The molecule has 3 aromatic carbocycles. The number of aliphatic imine (C=N–C) groups is 1. The van der Waals surface area contributed by atoms with Crippen LogP contribution < -0.4 is 15.4 Å².